The Kier molecular flexibility index (Phi) is 3.01. The maximum Gasteiger partial charge on any atom is 0.123 e. The Balaban J connectivity index is 1.88. The summed E-state index contributed by atoms with van der Waals surface area (Å²) in [4.78, 5) is 0. The molecule has 2 aliphatic rings. The molecule has 1 aromatic carbocycles. The van der Waals surface area contributed by atoms with Crippen molar-refractivity contribution in [2.45, 2.75) is 43.7 Å². The fraction of sp³-hybridized carbons (Fsp3) is 0.571. The van der Waals surface area contributed by atoms with Gasteiger partial charge in [-0.15, -0.1) is 0 Å². The number of hydrogen-bond donors (Lipinski definition) is 1. The SMILES string of the molecule is COc1cc(Cl)ccc1C1C[C@H]2CC[C@@H](C1)N2. The Labute approximate surface area is 107 Å². The molecule has 2 aliphatic heterocycles. The van der Waals surface area contributed by atoms with Crippen LogP contribution in [0.3, 0.4) is 0 Å². The Morgan fingerprint density at radius 1 is 1.24 bits per heavy atom. The van der Waals surface area contributed by atoms with Gasteiger partial charge in [-0.05, 0) is 49.3 Å². The number of fused-ring (bicyclic) bond motifs is 2. The summed E-state index contributed by atoms with van der Waals surface area (Å²) in [6.07, 6.45) is 5.12. The second kappa shape index (κ2) is 4.51. The maximum atomic E-state index is 6.01. The summed E-state index contributed by atoms with van der Waals surface area (Å²) < 4.78 is 5.47. The quantitative estimate of drug-likeness (QED) is 0.871. The van der Waals surface area contributed by atoms with Crippen LogP contribution in [-0.4, -0.2) is 19.2 Å². The highest BCUT2D eigenvalue weighted by atomic mass is 35.5. The monoisotopic (exact) mass is 251 g/mol. The minimum atomic E-state index is 0.626. The molecule has 17 heavy (non-hydrogen) atoms. The Hall–Kier alpha value is -0.730. The lowest BCUT2D eigenvalue weighted by atomic mass is 9.86. The fourth-order valence-corrected chi connectivity index (χ4v) is 3.50. The van der Waals surface area contributed by atoms with Gasteiger partial charge in [0.1, 0.15) is 5.75 Å². The second-order valence-electron chi connectivity index (χ2n) is 5.19. The smallest absolute Gasteiger partial charge is 0.123 e. The summed E-state index contributed by atoms with van der Waals surface area (Å²) in [5, 5.41) is 4.42. The first-order chi connectivity index (χ1) is 8.26. The van der Waals surface area contributed by atoms with Crippen LogP contribution in [-0.2, 0) is 0 Å². The molecule has 0 aliphatic carbocycles. The minimum absolute atomic E-state index is 0.626. The third kappa shape index (κ3) is 2.16. The van der Waals surface area contributed by atoms with Gasteiger partial charge in [0.25, 0.3) is 0 Å². The summed E-state index contributed by atoms with van der Waals surface area (Å²) in [7, 11) is 1.73. The van der Waals surface area contributed by atoms with E-state index in [1.54, 1.807) is 7.11 Å². The van der Waals surface area contributed by atoms with Crippen LogP contribution in [0.5, 0.6) is 5.75 Å². The van der Waals surface area contributed by atoms with Crippen molar-refractivity contribution >= 4 is 11.6 Å². The Morgan fingerprint density at radius 3 is 2.59 bits per heavy atom. The third-order valence-corrected chi connectivity index (χ3v) is 4.34. The molecule has 2 bridgehead atoms. The fourth-order valence-electron chi connectivity index (χ4n) is 3.33. The van der Waals surface area contributed by atoms with E-state index in [-0.39, 0.29) is 0 Å². The van der Waals surface area contributed by atoms with E-state index < -0.39 is 0 Å². The molecular formula is C14H18ClNO. The van der Waals surface area contributed by atoms with Crippen LogP contribution >= 0.6 is 11.6 Å². The van der Waals surface area contributed by atoms with Crippen molar-refractivity contribution in [2.75, 3.05) is 7.11 Å². The molecule has 0 radical (unpaired) electrons. The minimum Gasteiger partial charge on any atom is -0.496 e. The molecule has 3 atom stereocenters. The van der Waals surface area contributed by atoms with Gasteiger partial charge >= 0.3 is 0 Å². The highest BCUT2D eigenvalue weighted by Gasteiger charge is 2.34. The summed E-state index contributed by atoms with van der Waals surface area (Å²) in [6.45, 7) is 0. The number of piperidine rings is 1. The average molecular weight is 252 g/mol. The van der Waals surface area contributed by atoms with Gasteiger partial charge in [-0.2, -0.15) is 0 Å². The van der Waals surface area contributed by atoms with Crippen LogP contribution < -0.4 is 10.1 Å². The average Bonchev–Trinajstić information content (AvgIpc) is 2.68. The van der Waals surface area contributed by atoms with Crippen molar-refractivity contribution < 1.29 is 4.74 Å². The van der Waals surface area contributed by atoms with Crippen LogP contribution in [0.25, 0.3) is 0 Å². The van der Waals surface area contributed by atoms with Gasteiger partial charge in [-0.25, -0.2) is 0 Å². The highest BCUT2D eigenvalue weighted by molar-refractivity contribution is 6.30. The van der Waals surface area contributed by atoms with Crippen molar-refractivity contribution in [1.82, 2.24) is 5.32 Å². The predicted octanol–water partition coefficient (Wildman–Crippen LogP) is 3.35. The summed E-state index contributed by atoms with van der Waals surface area (Å²) in [6, 6.07) is 7.46. The van der Waals surface area contributed by atoms with Crippen molar-refractivity contribution in [1.29, 1.82) is 0 Å². The first-order valence-electron chi connectivity index (χ1n) is 6.35. The van der Waals surface area contributed by atoms with Crippen molar-refractivity contribution in [3.8, 4) is 5.75 Å². The number of methoxy groups -OCH3 is 1. The molecule has 92 valence electrons. The van der Waals surface area contributed by atoms with Crippen LogP contribution in [0.1, 0.15) is 37.2 Å². The van der Waals surface area contributed by atoms with Crippen LogP contribution in [0.4, 0.5) is 0 Å². The second-order valence-corrected chi connectivity index (χ2v) is 5.63. The molecule has 0 saturated carbocycles. The summed E-state index contributed by atoms with van der Waals surface area (Å²) in [5.41, 5.74) is 1.33. The Morgan fingerprint density at radius 2 is 1.94 bits per heavy atom. The largest absolute Gasteiger partial charge is 0.496 e. The standard InChI is InChI=1S/C14H18ClNO/c1-17-14-8-10(15)2-5-13(14)9-6-11-3-4-12(7-9)16-11/h2,5,8-9,11-12,16H,3-4,6-7H2,1H3/t9?,11-,12+. The summed E-state index contributed by atoms with van der Waals surface area (Å²) in [5.74, 6) is 1.57. The van der Waals surface area contributed by atoms with Crippen LogP contribution in [0, 0.1) is 0 Å². The van der Waals surface area contributed by atoms with Crippen molar-refractivity contribution in [3.05, 3.63) is 28.8 Å². The molecular weight excluding hydrogens is 234 g/mol. The first kappa shape index (κ1) is 11.4. The van der Waals surface area contributed by atoms with Gasteiger partial charge < -0.3 is 10.1 Å². The molecule has 0 amide bonds. The van der Waals surface area contributed by atoms with E-state index in [1.165, 1.54) is 31.2 Å². The van der Waals surface area contributed by atoms with Crippen LogP contribution in [0.15, 0.2) is 18.2 Å². The molecule has 0 spiro atoms. The van der Waals surface area contributed by atoms with E-state index in [0.29, 0.717) is 18.0 Å². The summed E-state index contributed by atoms with van der Waals surface area (Å²) >= 11 is 6.01. The number of halogens is 1. The third-order valence-electron chi connectivity index (χ3n) is 4.11. The van der Waals surface area contributed by atoms with Crippen molar-refractivity contribution in [3.63, 3.8) is 0 Å². The van der Waals surface area contributed by atoms with Crippen molar-refractivity contribution in [2.24, 2.45) is 0 Å². The Bertz CT molecular complexity index is 409. The topological polar surface area (TPSA) is 21.3 Å². The van der Waals surface area contributed by atoms with Gasteiger partial charge in [0.15, 0.2) is 0 Å². The number of hydrogen-bond acceptors (Lipinski definition) is 2. The molecule has 1 N–H and O–H groups in total. The van der Waals surface area contributed by atoms with Gasteiger partial charge in [0, 0.05) is 17.1 Å². The molecule has 1 aromatic rings. The molecule has 1 unspecified atom stereocenters. The zero-order valence-corrected chi connectivity index (χ0v) is 10.8. The molecule has 0 aromatic heterocycles. The van der Waals surface area contributed by atoms with E-state index >= 15 is 0 Å². The van der Waals surface area contributed by atoms with E-state index in [0.717, 1.165) is 10.8 Å². The van der Waals surface area contributed by atoms with Gasteiger partial charge in [0.05, 0.1) is 7.11 Å². The predicted molar refractivity (Wildman–Crippen MR) is 69.9 cm³/mol. The number of benzene rings is 1. The molecule has 3 heteroatoms. The lowest BCUT2D eigenvalue weighted by Gasteiger charge is -2.30. The van der Waals surface area contributed by atoms with E-state index in [4.69, 9.17) is 16.3 Å². The molecule has 3 rings (SSSR count). The van der Waals surface area contributed by atoms with E-state index in [2.05, 4.69) is 11.4 Å². The lowest BCUT2D eigenvalue weighted by Crippen LogP contribution is -2.37. The zero-order chi connectivity index (χ0) is 11.8. The number of ether oxygens (including phenoxy) is 1. The molecule has 2 heterocycles. The normalized spacial score (nSPS) is 31.5. The zero-order valence-electron chi connectivity index (χ0n) is 10.1. The first-order valence-corrected chi connectivity index (χ1v) is 6.73. The van der Waals surface area contributed by atoms with E-state index in [9.17, 15) is 0 Å². The van der Waals surface area contributed by atoms with Gasteiger partial charge in [-0.1, -0.05) is 17.7 Å². The van der Waals surface area contributed by atoms with E-state index in [1.807, 2.05) is 12.1 Å². The molecule has 2 saturated heterocycles. The molecule has 2 fully saturated rings. The van der Waals surface area contributed by atoms with Gasteiger partial charge in [0.2, 0.25) is 0 Å². The number of nitrogens with one attached hydrogen (secondary N) is 1. The highest BCUT2D eigenvalue weighted by Crippen LogP contribution is 2.41. The van der Waals surface area contributed by atoms with Crippen LogP contribution in [0.2, 0.25) is 5.02 Å². The number of rotatable bonds is 2. The molecule has 2 nitrogen and oxygen atoms in total. The van der Waals surface area contributed by atoms with Gasteiger partial charge in [-0.3, -0.25) is 0 Å². The maximum absolute atomic E-state index is 6.01. The lowest BCUT2D eigenvalue weighted by molar-refractivity contribution is 0.348.